The Kier molecular flexibility index (Phi) is 5.75. The maximum atomic E-state index is 13.2. The molecule has 21 heavy (non-hydrogen) atoms. The number of nitrogens with one attached hydrogen (secondary N) is 1. The van der Waals surface area contributed by atoms with Crippen molar-refractivity contribution >= 4 is 17.5 Å². The summed E-state index contributed by atoms with van der Waals surface area (Å²) in [4.78, 5) is 11.7. The highest BCUT2D eigenvalue weighted by molar-refractivity contribution is 6.30. The number of hydrogen-bond donors (Lipinski definition) is 2. The number of carbonyl (C=O) groups excluding carboxylic acids is 1. The minimum atomic E-state index is -0.647. The lowest BCUT2D eigenvalue weighted by molar-refractivity contribution is -0.205. The van der Waals surface area contributed by atoms with Gasteiger partial charge in [0.1, 0.15) is 11.6 Å². The molecule has 2 rings (SSSR count). The number of aliphatic hydroxyl groups is 1. The lowest BCUT2D eigenvalue weighted by Crippen LogP contribution is -2.49. The molecule has 0 aromatic heterocycles. The summed E-state index contributed by atoms with van der Waals surface area (Å²) >= 11 is 5.54. The molecule has 1 saturated heterocycles. The summed E-state index contributed by atoms with van der Waals surface area (Å²) in [5, 5.41) is 11.4. The third-order valence-electron chi connectivity index (χ3n) is 2.74. The minimum absolute atomic E-state index is 0.0123. The van der Waals surface area contributed by atoms with Gasteiger partial charge in [-0.15, -0.1) is 0 Å². The Morgan fingerprint density at radius 1 is 1.48 bits per heavy atom. The van der Waals surface area contributed by atoms with Crippen LogP contribution in [0.15, 0.2) is 18.2 Å². The number of hydrogen-bond acceptors (Lipinski definition) is 5. The quantitative estimate of drug-likeness (QED) is 0.836. The largest absolute Gasteiger partial charge is 0.484 e. The van der Waals surface area contributed by atoms with Crippen LogP contribution in [0.25, 0.3) is 0 Å². The number of halogens is 2. The Balaban J connectivity index is 1.73. The second-order valence-electron chi connectivity index (χ2n) is 4.41. The van der Waals surface area contributed by atoms with Gasteiger partial charge in [-0.2, -0.15) is 0 Å². The number of benzene rings is 1. The molecule has 8 heteroatoms. The summed E-state index contributed by atoms with van der Waals surface area (Å²) in [6.45, 7) is -0.00795. The predicted octanol–water partition coefficient (Wildman–Crippen LogP) is 0.708. The van der Waals surface area contributed by atoms with Crippen LogP contribution in [0.1, 0.15) is 0 Å². The highest BCUT2D eigenvalue weighted by Gasteiger charge is 2.22. The van der Waals surface area contributed by atoms with Crippen LogP contribution in [-0.2, 0) is 14.3 Å². The molecule has 0 saturated carbocycles. The molecule has 116 valence electrons. The van der Waals surface area contributed by atoms with E-state index in [4.69, 9.17) is 30.9 Å². The molecule has 2 N–H and O–H groups in total. The fraction of sp³-hybridized carbons (Fsp3) is 0.462. The van der Waals surface area contributed by atoms with Crippen molar-refractivity contribution in [3.63, 3.8) is 0 Å². The third-order valence-corrected chi connectivity index (χ3v) is 3.05. The molecule has 0 radical (unpaired) electrons. The molecule has 1 amide bonds. The van der Waals surface area contributed by atoms with Crippen LogP contribution in [0.5, 0.6) is 5.75 Å². The zero-order chi connectivity index (χ0) is 15.2. The predicted molar refractivity (Wildman–Crippen MR) is 71.6 cm³/mol. The van der Waals surface area contributed by atoms with E-state index in [1.807, 2.05) is 0 Å². The van der Waals surface area contributed by atoms with E-state index in [1.54, 1.807) is 0 Å². The summed E-state index contributed by atoms with van der Waals surface area (Å²) in [6, 6.07) is 3.61. The fourth-order valence-electron chi connectivity index (χ4n) is 1.72. The number of carbonyl (C=O) groups is 1. The van der Waals surface area contributed by atoms with Crippen molar-refractivity contribution in [1.29, 1.82) is 0 Å². The molecule has 1 heterocycles. The molecule has 1 aliphatic rings. The first-order valence-corrected chi connectivity index (χ1v) is 6.67. The first-order valence-electron chi connectivity index (χ1n) is 6.29. The molecule has 1 aromatic carbocycles. The fourth-order valence-corrected chi connectivity index (χ4v) is 1.83. The summed E-state index contributed by atoms with van der Waals surface area (Å²) in [6.07, 6.45) is -0.647. The van der Waals surface area contributed by atoms with E-state index in [-0.39, 0.29) is 49.1 Å². The zero-order valence-corrected chi connectivity index (χ0v) is 11.8. The Hall–Kier alpha value is -1.41. The average Bonchev–Trinajstić information content (AvgIpc) is 2.49. The van der Waals surface area contributed by atoms with Crippen molar-refractivity contribution in [3.8, 4) is 5.75 Å². The number of amides is 1. The van der Waals surface area contributed by atoms with E-state index in [1.165, 1.54) is 12.1 Å². The molecule has 1 fully saturated rings. The van der Waals surface area contributed by atoms with Crippen molar-refractivity contribution in [2.75, 3.05) is 26.4 Å². The van der Waals surface area contributed by atoms with Gasteiger partial charge in [0.15, 0.2) is 12.9 Å². The first-order chi connectivity index (χ1) is 10.1. The van der Waals surface area contributed by atoms with Crippen molar-refractivity contribution < 1.29 is 28.5 Å². The second kappa shape index (κ2) is 7.56. The molecule has 0 atom stereocenters. The van der Waals surface area contributed by atoms with Crippen molar-refractivity contribution in [3.05, 3.63) is 29.0 Å². The number of rotatable bonds is 5. The zero-order valence-electron chi connectivity index (χ0n) is 11.1. The van der Waals surface area contributed by atoms with Crippen molar-refractivity contribution in [1.82, 2.24) is 5.32 Å². The van der Waals surface area contributed by atoms with Crippen molar-refractivity contribution in [2.45, 2.75) is 12.3 Å². The Morgan fingerprint density at radius 2 is 2.19 bits per heavy atom. The van der Waals surface area contributed by atoms with Crippen LogP contribution in [0, 0.1) is 5.82 Å². The monoisotopic (exact) mass is 319 g/mol. The van der Waals surface area contributed by atoms with Crippen LogP contribution in [-0.4, -0.2) is 49.8 Å². The van der Waals surface area contributed by atoms with E-state index in [0.717, 1.165) is 6.07 Å². The maximum absolute atomic E-state index is 13.2. The standard InChI is InChI=1S/C13H15ClFNO5/c14-10-2-1-9(3-11(10)15)19-7-12(18)16-8-5-20-13(4-17)21-6-8/h1-3,8,13,17H,4-7H2,(H,16,18). The molecule has 1 aromatic rings. The molecule has 6 nitrogen and oxygen atoms in total. The van der Waals surface area contributed by atoms with Gasteiger partial charge in [-0.1, -0.05) is 11.6 Å². The van der Waals surface area contributed by atoms with Gasteiger partial charge in [0.05, 0.1) is 30.9 Å². The SMILES string of the molecule is O=C(COc1ccc(Cl)c(F)c1)NC1COC(CO)OC1. The third kappa shape index (κ3) is 4.82. The summed E-state index contributed by atoms with van der Waals surface area (Å²) in [7, 11) is 0. The van der Waals surface area contributed by atoms with Crippen molar-refractivity contribution in [2.24, 2.45) is 0 Å². The van der Waals surface area contributed by atoms with Gasteiger partial charge in [0.2, 0.25) is 0 Å². The smallest absolute Gasteiger partial charge is 0.258 e. The molecule has 0 spiro atoms. The van der Waals surface area contributed by atoms with E-state index < -0.39 is 12.1 Å². The van der Waals surface area contributed by atoms with E-state index in [2.05, 4.69) is 5.32 Å². The van der Waals surface area contributed by atoms with E-state index in [9.17, 15) is 9.18 Å². The Morgan fingerprint density at radius 3 is 2.81 bits per heavy atom. The average molecular weight is 320 g/mol. The first kappa shape index (κ1) is 16.0. The normalized spacial score (nSPS) is 21.9. The van der Waals surface area contributed by atoms with Crippen LogP contribution in [0.2, 0.25) is 5.02 Å². The molecular formula is C13H15ClFNO5. The summed E-state index contributed by atoms with van der Waals surface area (Å²) in [5.74, 6) is -0.785. The van der Waals surface area contributed by atoms with Gasteiger partial charge in [0.25, 0.3) is 5.91 Å². The molecule has 1 aliphatic heterocycles. The van der Waals surface area contributed by atoms with E-state index in [0.29, 0.717) is 0 Å². The Bertz CT molecular complexity index is 493. The maximum Gasteiger partial charge on any atom is 0.258 e. The summed E-state index contributed by atoms with van der Waals surface area (Å²) in [5.41, 5.74) is 0. The number of ether oxygens (including phenoxy) is 3. The van der Waals surface area contributed by atoms with Gasteiger partial charge >= 0.3 is 0 Å². The van der Waals surface area contributed by atoms with Gasteiger partial charge in [0, 0.05) is 6.07 Å². The Labute approximate surface area is 125 Å². The molecular weight excluding hydrogens is 305 g/mol. The van der Waals surface area contributed by atoms with Gasteiger partial charge in [-0.3, -0.25) is 4.79 Å². The van der Waals surface area contributed by atoms with Crippen LogP contribution in [0.3, 0.4) is 0 Å². The van der Waals surface area contributed by atoms with Gasteiger partial charge in [-0.05, 0) is 12.1 Å². The summed E-state index contributed by atoms with van der Waals surface area (Å²) < 4.78 is 28.6. The highest BCUT2D eigenvalue weighted by Crippen LogP contribution is 2.20. The molecule has 0 aliphatic carbocycles. The van der Waals surface area contributed by atoms with Gasteiger partial charge in [-0.25, -0.2) is 4.39 Å². The van der Waals surface area contributed by atoms with E-state index >= 15 is 0 Å². The van der Waals surface area contributed by atoms with Crippen LogP contribution < -0.4 is 10.1 Å². The topological polar surface area (TPSA) is 77.0 Å². The van der Waals surface area contributed by atoms with Crippen LogP contribution in [0.4, 0.5) is 4.39 Å². The molecule has 0 bridgehead atoms. The minimum Gasteiger partial charge on any atom is -0.484 e. The lowest BCUT2D eigenvalue weighted by atomic mass is 10.3. The highest BCUT2D eigenvalue weighted by atomic mass is 35.5. The second-order valence-corrected chi connectivity index (χ2v) is 4.82. The lowest BCUT2D eigenvalue weighted by Gasteiger charge is -2.28. The van der Waals surface area contributed by atoms with Gasteiger partial charge < -0.3 is 24.6 Å². The van der Waals surface area contributed by atoms with Crippen LogP contribution >= 0.6 is 11.6 Å². The number of aliphatic hydroxyl groups excluding tert-OH is 1. The molecule has 0 unspecified atom stereocenters.